The van der Waals surface area contributed by atoms with Crippen molar-refractivity contribution in [2.24, 2.45) is 0 Å². The minimum Gasteiger partial charge on any atom is -0.0840 e. The number of halogens is 1. The summed E-state index contributed by atoms with van der Waals surface area (Å²) in [5.74, 6) is 0. The predicted octanol–water partition coefficient (Wildman–Crippen LogP) is 3.01. The van der Waals surface area contributed by atoms with Gasteiger partial charge in [-0.05, 0) is 36.6 Å². The number of hydrogen-bond donors (Lipinski definition) is 0. The summed E-state index contributed by atoms with van der Waals surface area (Å²) < 4.78 is 0. The molecule has 0 aliphatic heterocycles. The van der Waals surface area contributed by atoms with E-state index in [1.54, 1.807) is 6.07 Å². The first-order valence-corrected chi connectivity index (χ1v) is 3.78. The molecule has 1 aromatic carbocycles. The van der Waals surface area contributed by atoms with Gasteiger partial charge in [0.15, 0.2) is 0 Å². The minimum atomic E-state index is 0.819. The summed E-state index contributed by atoms with van der Waals surface area (Å²) in [5.41, 5.74) is 2.47. The highest BCUT2D eigenvalue weighted by Gasteiger charge is 1.97. The predicted molar refractivity (Wildman–Crippen MR) is 44.4 cm³/mol. The fourth-order valence-corrected chi connectivity index (χ4v) is 1.14. The van der Waals surface area contributed by atoms with Crippen molar-refractivity contribution in [1.29, 1.82) is 0 Å². The molecule has 1 rings (SSSR count). The van der Waals surface area contributed by atoms with Crippen LogP contribution in [0, 0.1) is 13.0 Å². The first-order valence-electron chi connectivity index (χ1n) is 3.40. The molecule has 10 heavy (non-hydrogen) atoms. The molecule has 0 unspecified atom stereocenters. The summed E-state index contributed by atoms with van der Waals surface area (Å²) in [5, 5.41) is 0.819. The smallest absolute Gasteiger partial charge is 0.0444 e. The Morgan fingerprint density at radius 2 is 2.20 bits per heavy atom. The maximum absolute atomic E-state index is 5.86. The number of aryl methyl sites for hydroxylation is 1. The van der Waals surface area contributed by atoms with E-state index in [0.717, 1.165) is 11.4 Å². The van der Waals surface area contributed by atoms with E-state index in [-0.39, 0.29) is 0 Å². The molecule has 0 N–H and O–H groups in total. The van der Waals surface area contributed by atoms with Crippen LogP contribution in [-0.2, 0) is 6.42 Å². The van der Waals surface area contributed by atoms with Gasteiger partial charge in [0, 0.05) is 5.02 Å². The Morgan fingerprint density at radius 1 is 1.50 bits per heavy atom. The summed E-state index contributed by atoms with van der Waals surface area (Å²) >= 11 is 5.86. The molecule has 0 nitrogen and oxygen atoms in total. The van der Waals surface area contributed by atoms with Crippen LogP contribution >= 0.6 is 11.6 Å². The van der Waals surface area contributed by atoms with Gasteiger partial charge >= 0.3 is 0 Å². The van der Waals surface area contributed by atoms with Crippen molar-refractivity contribution in [3.63, 3.8) is 0 Å². The van der Waals surface area contributed by atoms with Crippen LogP contribution < -0.4 is 0 Å². The Balaban J connectivity index is 3.14. The lowest BCUT2D eigenvalue weighted by Gasteiger charge is -2.02. The highest BCUT2D eigenvalue weighted by molar-refractivity contribution is 6.31. The molecule has 0 fully saturated rings. The van der Waals surface area contributed by atoms with Gasteiger partial charge in [-0.2, -0.15) is 0 Å². The van der Waals surface area contributed by atoms with E-state index in [1.807, 2.05) is 13.0 Å². The molecule has 1 aromatic rings. The second-order valence-corrected chi connectivity index (χ2v) is 2.71. The third-order valence-corrected chi connectivity index (χ3v) is 2.08. The van der Waals surface area contributed by atoms with E-state index < -0.39 is 0 Å². The van der Waals surface area contributed by atoms with Crippen molar-refractivity contribution >= 4 is 11.6 Å². The number of hydrogen-bond acceptors (Lipinski definition) is 0. The largest absolute Gasteiger partial charge is 0.0840 e. The lowest BCUT2D eigenvalue weighted by atomic mass is 10.1. The minimum absolute atomic E-state index is 0.819. The van der Waals surface area contributed by atoms with E-state index in [4.69, 9.17) is 11.6 Å². The van der Waals surface area contributed by atoms with E-state index in [9.17, 15) is 0 Å². The molecule has 0 spiro atoms. The molecule has 0 aliphatic carbocycles. The van der Waals surface area contributed by atoms with Gasteiger partial charge in [-0.25, -0.2) is 0 Å². The van der Waals surface area contributed by atoms with Gasteiger partial charge in [0.2, 0.25) is 0 Å². The van der Waals surface area contributed by atoms with Crippen LogP contribution in [0.5, 0.6) is 0 Å². The molecular formula is C9H10Cl. The molecule has 0 saturated carbocycles. The lowest BCUT2D eigenvalue weighted by molar-refractivity contribution is 1.11. The quantitative estimate of drug-likeness (QED) is 0.582. The third kappa shape index (κ3) is 1.32. The maximum atomic E-state index is 5.86. The van der Waals surface area contributed by atoms with Gasteiger partial charge < -0.3 is 0 Å². The summed E-state index contributed by atoms with van der Waals surface area (Å²) in [6.07, 6.45) is 1.03. The molecule has 1 heteroatoms. The molecular weight excluding hydrogens is 144 g/mol. The van der Waals surface area contributed by atoms with Crippen LogP contribution in [-0.4, -0.2) is 0 Å². The molecule has 0 bridgehead atoms. The topological polar surface area (TPSA) is 0 Å². The monoisotopic (exact) mass is 153 g/mol. The summed E-state index contributed by atoms with van der Waals surface area (Å²) in [6, 6.07) is 6.78. The van der Waals surface area contributed by atoms with E-state index in [1.165, 1.54) is 11.1 Å². The first-order chi connectivity index (χ1) is 4.75. The van der Waals surface area contributed by atoms with Crippen molar-refractivity contribution in [1.82, 2.24) is 0 Å². The summed E-state index contributed by atoms with van der Waals surface area (Å²) in [4.78, 5) is 0. The van der Waals surface area contributed by atoms with Gasteiger partial charge in [-0.3, -0.25) is 0 Å². The van der Waals surface area contributed by atoms with E-state index in [0.29, 0.717) is 0 Å². The number of rotatable bonds is 1. The van der Waals surface area contributed by atoms with Gasteiger partial charge in [-0.1, -0.05) is 24.6 Å². The lowest BCUT2D eigenvalue weighted by Crippen LogP contribution is -1.85. The van der Waals surface area contributed by atoms with Gasteiger partial charge in [-0.15, -0.1) is 0 Å². The second kappa shape index (κ2) is 3.07. The van der Waals surface area contributed by atoms with Crippen molar-refractivity contribution in [3.05, 3.63) is 34.3 Å². The highest BCUT2D eigenvalue weighted by Crippen LogP contribution is 2.18. The number of benzene rings is 1. The Bertz CT molecular complexity index is 228. The Hall–Kier alpha value is -0.490. The Kier molecular flexibility index (Phi) is 2.34. The standard InChI is InChI=1S/C9H10Cl/c1-3-8-5-4-6-9(10)7(8)2/h5-6H,3H2,1-2H3. The highest BCUT2D eigenvalue weighted by atomic mass is 35.5. The van der Waals surface area contributed by atoms with Crippen LogP contribution in [0.3, 0.4) is 0 Å². The van der Waals surface area contributed by atoms with Crippen LogP contribution in [0.1, 0.15) is 18.1 Å². The zero-order chi connectivity index (χ0) is 7.56. The van der Waals surface area contributed by atoms with Gasteiger partial charge in [0.1, 0.15) is 0 Å². The molecule has 0 saturated heterocycles. The first kappa shape index (κ1) is 7.62. The van der Waals surface area contributed by atoms with Gasteiger partial charge in [0.05, 0.1) is 0 Å². The molecule has 0 aliphatic rings. The average Bonchev–Trinajstić information content (AvgIpc) is 1.95. The average molecular weight is 154 g/mol. The van der Waals surface area contributed by atoms with E-state index >= 15 is 0 Å². The van der Waals surface area contributed by atoms with Crippen LogP contribution in [0.25, 0.3) is 0 Å². The summed E-state index contributed by atoms with van der Waals surface area (Å²) in [7, 11) is 0. The molecule has 1 radical (unpaired) electrons. The molecule has 0 atom stereocenters. The fourth-order valence-electron chi connectivity index (χ4n) is 0.953. The molecule has 53 valence electrons. The van der Waals surface area contributed by atoms with Crippen LogP contribution in [0.4, 0.5) is 0 Å². The SMILES string of the molecule is CCc1c[c]cc(Cl)c1C. The zero-order valence-corrected chi connectivity index (χ0v) is 7.00. The van der Waals surface area contributed by atoms with Crippen molar-refractivity contribution in [3.8, 4) is 0 Å². The second-order valence-electron chi connectivity index (χ2n) is 2.31. The fraction of sp³-hybridized carbons (Fsp3) is 0.333. The maximum Gasteiger partial charge on any atom is 0.0444 e. The molecule has 0 heterocycles. The Morgan fingerprint density at radius 3 is 2.70 bits per heavy atom. The summed E-state index contributed by atoms with van der Waals surface area (Å²) in [6.45, 7) is 4.15. The van der Waals surface area contributed by atoms with Crippen molar-refractivity contribution in [2.45, 2.75) is 20.3 Å². The molecule has 0 aromatic heterocycles. The zero-order valence-electron chi connectivity index (χ0n) is 6.24. The normalized spacial score (nSPS) is 9.90. The molecule has 0 amide bonds. The van der Waals surface area contributed by atoms with Crippen LogP contribution in [0.2, 0.25) is 5.02 Å². The van der Waals surface area contributed by atoms with Crippen molar-refractivity contribution in [2.75, 3.05) is 0 Å². The van der Waals surface area contributed by atoms with Crippen LogP contribution in [0.15, 0.2) is 12.1 Å². The Labute approximate surface area is 66.8 Å². The van der Waals surface area contributed by atoms with Crippen molar-refractivity contribution < 1.29 is 0 Å². The van der Waals surface area contributed by atoms with E-state index in [2.05, 4.69) is 13.0 Å². The third-order valence-electron chi connectivity index (χ3n) is 1.69. The van der Waals surface area contributed by atoms with Gasteiger partial charge in [0.25, 0.3) is 0 Å².